The number of hydrogen-bond acceptors (Lipinski definition) is 0. The van der Waals surface area contributed by atoms with E-state index in [4.69, 9.17) is 0 Å². The van der Waals surface area contributed by atoms with E-state index in [1.807, 2.05) is 0 Å². The van der Waals surface area contributed by atoms with E-state index in [1.165, 1.54) is 93.5 Å². The maximum absolute atomic E-state index is 3.51. The van der Waals surface area contributed by atoms with Crippen LogP contribution in [0.3, 0.4) is 0 Å². The standard InChI is InChI=1S/C24H41Br/c1-21(11-9-7-5-4-6-8-10-20-25)12-13-22(2)14-17-24-18-15-23(3)16-19-24/h15-16,18-19,21-22H,4-14,17,20H2,1-3H3. The summed E-state index contributed by atoms with van der Waals surface area (Å²) >= 11 is 3.51. The maximum atomic E-state index is 3.51. The summed E-state index contributed by atoms with van der Waals surface area (Å²) in [5, 5.41) is 1.17. The van der Waals surface area contributed by atoms with E-state index < -0.39 is 0 Å². The smallest absolute Gasteiger partial charge is 0.00313 e. The van der Waals surface area contributed by atoms with Crippen LogP contribution in [0.4, 0.5) is 0 Å². The Balaban J connectivity index is 1.97. The number of hydrogen-bond donors (Lipinski definition) is 0. The predicted molar refractivity (Wildman–Crippen MR) is 118 cm³/mol. The van der Waals surface area contributed by atoms with Crippen LogP contribution >= 0.6 is 15.9 Å². The van der Waals surface area contributed by atoms with E-state index in [2.05, 4.69) is 61.0 Å². The number of alkyl halides is 1. The Morgan fingerprint density at radius 3 is 1.80 bits per heavy atom. The number of unbranched alkanes of at least 4 members (excludes halogenated alkanes) is 6. The lowest BCUT2D eigenvalue weighted by Crippen LogP contribution is -2.02. The van der Waals surface area contributed by atoms with Crippen LogP contribution in [-0.4, -0.2) is 5.33 Å². The Kier molecular flexibility index (Phi) is 13.5. The number of rotatable bonds is 15. The molecule has 0 aliphatic heterocycles. The minimum Gasteiger partial charge on any atom is -0.0928 e. The molecular formula is C24H41Br. The first-order chi connectivity index (χ1) is 12.1. The summed E-state index contributed by atoms with van der Waals surface area (Å²) in [4.78, 5) is 0. The van der Waals surface area contributed by atoms with E-state index in [9.17, 15) is 0 Å². The van der Waals surface area contributed by atoms with Gasteiger partial charge in [-0.25, -0.2) is 0 Å². The molecule has 0 aliphatic carbocycles. The largest absolute Gasteiger partial charge is 0.0928 e. The molecule has 0 aliphatic rings. The highest BCUT2D eigenvalue weighted by Crippen LogP contribution is 2.21. The zero-order valence-corrected chi connectivity index (χ0v) is 18.6. The van der Waals surface area contributed by atoms with Gasteiger partial charge >= 0.3 is 0 Å². The lowest BCUT2D eigenvalue weighted by Gasteiger charge is -2.15. The maximum Gasteiger partial charge on any atom is 0.00313 e. The predicted octanol–water partition coefficient (Wildman–Crippen LogP) is 8.50. The lowest BCUT2D eigenvalue weighted by molar-refractivity contribution is 0.386. The van der Waals surface area contributed by atoms with Crippen LogP contribution in [0, 0.1) is 18.8 Å². The van der Waals surface area contributed by atoms with Crippen molar-refractivity contribution in [3.05, 3.63) is 35.4 Å². The molecule has 0 N–H and O–H groups in total. The average molecular weight is 409 g/mol. The highest BCUT2D eigenvalue weighted by molar-refractivity contribution is 9.09. The van der Waals surface area contributed by atoms with Crippen molar-refractivity contribution >= 4 is 15.9 Å². The van der Waals surface area contributed by atoms with Crippen molar-refractivity contribution in [1.82, 2.24) is 0 Å². The van der Waals surface area contributed by atoms with Gasteiger partial charge in [0.1, 0.15) is 0 Å². The Hall–Kier alpha value is -0.300. The fourth-order valence-electron chi connectivity index (χ4n) is 3.50. The van der Waals surface area contributed by atoms with E-state index in [0.717, 1.165) is 11.8 Å². The Labute approximate surface area is 166 Å². The molecule has 0 fully saturated rings. The van der Waals surface area contributed by atoms with Gasteiger partial charge in [0.25, 0.3) is 0 Å². The third-order valence-corrected chi connectivity index (χ3v) is 6.09. The molecule has 0 bridgehead atoms. The summed E-state index contributed by atoms with van der Waals surface area (Å²) in [6, 6.07) is 9.07. The van der Waals surface area contributed by atoms with Gasteiger partial charge in [-0.1, -0.05) is 117 Å². The molecule has 0 aromatic heterocycles. The summed E-state index contributed by atoms with van der Waals surface area (Å²) in [5.41, 5.74) is 2.87. The zero-order valence-electron chi connectivity index (χ0n) is 17.0. The average Bonchev–Trinajstić information content (AvgIpc) is 2.61. The molecule has 1 rings (SSSR count). The number of benzene rings is 1. The summed E-state index contributed by atoms with van der Waals surface area (Å²) in [6.07, 6.45) is 16.8. The summed E-state index contributed by atoms with van der Waals surface area (Å²) in [6.45, 7) is 7.06. The minimum atomic E-state index is 0.859. The van der Waals surface area contributed by atoms with Crippen molar-refractivity contribution in [1.29, 1.82) is 0 Å². The third-order valence-electron chi connectivity index (χ3n) is 5.53. The monoisotopic (exact) mass is 408 g/mol. The van der Waals surface area contributed by atoms with E-state index in [0.29, 0.717) is 0 Å². The molecule has 0 saturated carbocycles. The molecule has 1 heteroatoms. The van der Waals surface area contributed by atoms with Crippen LogP contribution < -0.4 is 0 Å². The van der Waals surface area contributed by atoms with Gasteiger partial charge < -0.3 is 0 Å². The molecule has 1 aromatic carbocycles. The lowest BCUT2D eigenvalue weighted by atomic mass is 9.90. The van der Waals surface area contributed by atoms with Gasteiger partial charge in [-0.05, 0) is 43.6 Å². The van der Waals surface area contributed by atoms with E-state index >= 15 is 0 Å². The van der Waals surface area contributed by atoms with Gasteiger partial charge in [-0.3, -0.25) is 0 Å². The Morgan fingerprint density at radius 1 is 0.680 bits per heavy atom. The number of halogens is 1. The normalized spacial score (nSPS) is 13.8. The van der Waals surface area contributed by atoms with E-state index in [-0.39, 0.29) is 0 Å². The van der Waals surface area contributed by atoms with Gasteiger partial charge in [0.05, 0.1) is 0 Å². The molecule has 2 unspecified atom stereocenters. The summed E-state index contributed by atoms with van der Waals surface area (Å²) < 4.78 is 0. The third kappa shape index (κ3) is 12.7. The highest BCUT2D eigenvalue weighted by atomic mass is 79.9. The van der Waals surface area contributed by atoms with Crippen LogP contribution in [0.5, 0.6) is 0 Å². The molecule has 1 aromatic rings. The second kappa shape index (κ2) is 14.8. The van der Waals surface area contributed by atoms with Crippen molar-refractivity contribution in [2.24, 2.45) is 11.8 Å². The van der Waals surface area contributed by atoms with Gasteiger partial charge in [0.2, 0.25) is 0 Å². The first-order valence-corrected chi connectivity index (χ1v) is 11.9. The molecule has 144 valence electrons. The van der Waals surface area contributed by atoms with Gasteiger partial charge in [0, 0.05) is 5.33 Å². The van der Waals surface area contributed by atoms with Crippen LogP contribution in [0.25, 0.3) is 0 Å². The van der Waals surface area contributed by atoms with Crippen molar-refractivity contribution in [2.45, 2.75) is 97.8 Å². The Morgan fingerprint density at radius 2 is 1.20 bits per heavy atom. The van der Waals surface area contributed by atoms with Gasteiger partial charge in [0.15, 0.2) is 0 Å². The minimum absolute atomic E-state index is 0.859. The zero-order chi connectivity index (χ0) is 18.3. The first-order valence-electron chi connectivity index (χ1n) is 10.7. The van der Waals surface area contributed by atoms with Gasteiger partial charge in [-0.2, -0.15) is 0 Å². The summed E-state index contributed by atoms with van der Waals surface area (Å²) in [5.74, 6) is 1.77. The van der Waals surface area contributed by atoms with Crippen LogP contribution in [-0.2, 0) is 6.42 Å². The molecular weight excluding hydrogens is 368 g/mol. The summed E-state index contributed by atoms with van der Waals surface area (Å²) in [7, 11) is 0. The van der Waals surface area contributed by atoms with Crippen molar-refractivity contribution < 1.29 is 0 Å². The first kappa shape index (κ1) is 22.7. The molecule has 0 saturated heterocycles. The molecule has 0 radical (unpaired) electrons. The quantitative estimate of drug-likeness (QED) is 0.201. The Bertz CT molecular complexity index is 409. The second-order valence-electron chi connectivity index (χ2n) is 8.26. The van der Waals surface area contributed by atoms with Crippen molar-refractivity contribution in [3.8, 4) is 0 Å². The van der Waals surface area contributed by atoms with Gasteiger partial charge in [-0.15, -0.1) is 0 Å². The SMILES string of the molecule is Cc1ccc(CCC(C)CCC(C)CCCCCCCCCBr)cc1. The fraction of sp³-hybridized carbons (Fsp3) is 0.750. The fourth-order valence-corrected chi connectivity index (χ4v) is 3.89. The molecule has 0 nitrogen and oxygen atoms in total. The molecule has 0 heterocycles. The van der Waals surface area contributed by atoms with Crippen molar-refractivity contribution in [3.63, 3.8) is 0 Å². The second-order valence-corrected chi connectivity index (χ2v) is 9.06. The van der Waals surface area contributed by atoms with E-state index in [1.54, 1.807) is 0 Å². The molecule has 2 atom stereocenters. The van der Waals surface area contributed by atoms with Crippen LogP contribution in [0.15, 0.2) is 24.3 Å². The van der Waals surface area contributed by atoms with Crippen molar-refractivity contribution in [2.75, 3.05) is 5.33 Å². The highest BCUT2D eigenvalue weighted by Gasteiger charge is 2.07. The molecule has 25 heavy (non-hydrogen) atoms. The molecule has 0 spiro atoms. The van der Waals surface area contributed by atoms with Crippen LogP contribution in [0.2, 0.25) is 0 Å². The topological polar surface area (TPSA) is 0 Å². The van der Waals surface area contributed by atoms with Crippen LogP contribution in [0.1, 0.15) is 95.6 Å². The molecule has 0 amide bonds. The number of aryl methyl sites for hydroxylation is 2.